The van der Waals surface area contributed by atoms with Crippen molar-refractivity contribution in [2.75, 3.05) is 13.2 Å². The lowest BCUT2D eigenvalue weighted by molar-refractivity contribution is -0.162. The summed E-state index contributed by atoms with van der Waals surface area (Å²) in [5.41, 5.74) is 0.200. The van der Waals surface area contributed by atoms with E-state index in [1.165, 1.54) is 0 Å². The summed E-state index contributed by atoms with van der Waals surface area (Å²) in [6, 6.07) is 12.8. The van der Waals surface area contributed by atoms with Gasteiger partial charge in [-0.3, -0.25) is 9.59 Å². The molecular formula is C25H32ClNO6S. The van der Waals surface area contributed by atoms with Gasteiger partial charge in [-0.15, -0.1) is 0 Å². The van der Waals surface area contributed by atoms with Crippen LogP contribution >= 0.6 is 11.6 Å². The van der Waals surface area contributed by atoms with Crippen molar-refractivity contribution in [3.05, 3.63) is 53.6 Å². The van der Waals surface area contributed by atoms with E-state index in [0.29, 0.717) is 9.92 Å². The van der Waals surface area contributed by atoms with Gasteiger partial charge in [0.2, 0.25) is 0 Å². The van der Waals surface area contributed by atoms with Crippen molar-refractivity contribution >= 4 is 34.5 Å². The lowest BCUT2D eigenvalue weighted by Crippen LogP contribution is -2.50. The molecule has 0 aliphatic rings. The molecule has 0 heterocycles. The van der Waals surface area contributed by atoms with Crippen molar-refractivity contribution in [2.45, 2.75) is 63.7 Å². The average molecular weight is 510 g/mol. The standard InChI is InChI=1S/C25H32ClNO6S/c1-24(2,3)32-22(29)15-27(21(16-28)23(30)33-25(4,5)6)34(31)20-13-9-18(10-14-20)17-7-11-19(26)12-8-17/h7-14,21,28H,15-16H2,1-6H3. The fourth-order valence-corrected chi connectivity index (χ4v) is 4.35. The molecule has 9 heteroatoms. The number of esters is 2. The van der Waals surface area contributed by atoms with Crippen LogP contribution in [0.3, 0.4) is 0 Å². The number of benzene rings is 2. The zero-order chi connectivity index (χ0) is 25.7. The Kier molecular flexibility index (Phi) is 9.42. The summed E-state index contributed by atoms with van der Waals surface area (Å²) in [4.78, 5) is 25.7. The van der Waals surface area contributed by atoms with Crippen molar-refractivity contribution < 1.29 is 28.4 Å². The molecule has 34 heavy (non-hydrogen) atoms. The van der Waals surface area contributed by atoms with Crippen LogP contribution in [0.15, 0.2) is 53.4 Å². The molecule has 1 N–H and O–H groups in total. The summed E-state index contributed by atoms with van der Waals surface area (Å²) in [7, 11) is -1.97. The second-order valence-corrected chi connectivity index (χ2v) is 11.5. The van der Waals surface area contributed by atoms with Crippen LogP contribution in [0.2, 0.25) is 5.02 Å². The highest BCUT2D eigenvalue weighted by molar-refractivity contribution is 7.82. The minimum Gasteiger partial charge on any atom is -0.459 e. The summed E-state index contributed by atoms with van der Waals surface area (Å²) in [5.74, 6) is -1.47. The number of halogens is 1. The van der Waals surface area contributed by atoms with Gasteiger partial charge in [0.15, 0.2) is 0 Å². The third-order valence-electron chi connectivity index (χ3n) is 4.35. The molecule has 186 valence electrons. The highest BCUT2D eigenvalue weighted by Crippen LogP contribution is 2.24. The fourth-order valence-electron chi connectivity index (χ4n) is 2.98. The molecule has 0 amide bonds. The molecule has 0 saturated heterocycles. The predicted molar refractivity (Wildman–Crippen MR) is 133 cm³/mol. The highest BCUT2D eigenvalue weighted by Gasteiger charge is 2.36. The second kappa shape index (κ2) is 11.4. The Morgan fingerprint density at radius 3 is 1.82 bits per heavy atom. The predicted octanol–water partition coefficient (Wildman–Crippen LogP) is 4.38. The van der Waals surface area contributed by atoms with Crippen LogP contribution < -0.4 is 0 Å². The van der Waals surface area contributed by atoms with Gasteiger partial charge in [0, 0.05) is 5.02 Å². The Hall–Kier alpha value is -2.26. The first-order valence-electron chi connectivity index (χ1n) is 10.8. The van der Waals surface area contributed by atoms with E-state index in [0.717, 1.165) is 15.4 Å². The molecule has 2 atom stereocenters. The van der Waals surface area contributed by atoms with Gasteiger partial charge in [0.1, 0.15) is 34.8 Å². The van der Waals surface area contributed by atoms with E-state index in [1.807, 2.05) is 12.1 Å². The summed E-state index contributed by atoms with van der Waals surface area (Å²) in [6.07, 6.45) is 0. The van der Waals surface area contributed by atoms with E-state index in [4.69, 9.17) is 21.1 Å². The lowest BCUT2D eigenvalue weighted by Gasteiger charge is -2.30. The van der Waals surface area contributed by atoms with Crippen LogP contribution in [0.4, 0.5) is 0 Å². The van der Waals surface area contributed by atoms with E-state index < -0.39 is 53.3 Å². The number of carbonyl (C=O) groups is 2. The van der Waals surface area contributed by atoms with E-state index in [-0.39, 0.29) is 0 Å². The van der Waals surface area contributed by atoms with E-state index in [1.54, 1.807) is 77.9 Å². The van der Waals surface area contributed by atoms with Gasteiger partial charge in [-0.2, -0.15) is 4.31 Å². The van der Waals surface area contributed by atoms with Crippen LogP contribution in [-0.4, -0.2) is 56.0 Å². The molecule has 0 aliphatic heterocycles. The van der Waals surface area contributed by atoms with Crippen LogP contribution in [0.1, 0.15) is 41.5 Å². The zero-order valence-electron chi connectivity index (χ0n) is 20.3. The first-order valence-corrected chi connectivity index (χ1v) is 12.3. The Bertz CT molecular complexity index is 1010. The van der Waals surface area contributed by atoms with Gasteiger partial charge in [-0.25, -0.2) is 4.21 Å². The SMILES string of the molecule is CC(C)(C)OC(=O)CN(C(CO)C(=O)OC(C)(C)C)S(=O)c1ccc(-c2ccc(Cl)cc2)cc1. The Balaban J connectivity index is 2.35. The van der Waals surface area contributed by atoms with Gasteiger partial charge in [-0.1, -0.05) is 35.9 Å². The number of nitrogens with zero attached hydrogens (tertiary/aromatic N) is 1. The zero-order valence-corrected chi connectivity index (χ0v) is 21.9. The molecule has 0 saturated carbocycles. The number of aliphatic hydroxyl groups is 1. The van der Waals surface area contributed by atoms with Gasteiger partial charge in [-0.05, 0) is 76.9 Å². The van der Waals surface area contributed by atoms with Crippen LogP contribution in [-0.2, 0) is 30.0 Å². The molecule has 0 fully saturated rings. The fraction of sp³-hybridized carbons (Fsp3) is 0.440. The maximum Gasteiger partial charge on any atom is 0.327 e. The minimum atomic E-state index is -1.97. The minimum absolute atomic E-state index is 0.350. The van der Waals surface area contributed by atoms with E-state index >= 15 is 0 Å². The number of aliphatic hydroxyl groups excluding tert-OH is 1. The maximum atomic E-state index is 13.5. The molecular weight excluding hydrogens is 478 g/mol. The quantitative estimate of drug-likeness (QED) is 0.531. The molecule has 2 aromatic carbocycles. The molecule has 0 aliphatic carbocycles. The molecule has 0 bridgehead atoms. The topological polar surface area (TPSA) is 93.1 Å². The monoisotopic (exact) mass is 509 g/mol. The van der Waals surface area contributed by atoms with Crippen LogP contribution in [0.5, 0.6) is 0 Å². The normalized spacial score (nSPS) is 13.9. The first-order chi connectivity index (χ1) is 15.7. The number of hydrogen-bond donors (Lipinski definition) is 1. The highest BCUT2D eigenvalue weighted by atomic mass is 35.5. The maximum absolute atomic E-state index is 13.5. The molecule has 0 aromatic heterocycles. The number of hydrogen-bond acceptors (Lipinski definition) is 6. The van der Waals surface area contributed by atoms with Crippen LogP contribution in [0, 0.1) is 0 Å². The summed E-state index contributed by atoms with van der Waals surface area (Å²) >= 11 is 5.95. The van der Waals surface area contributed by atoms with Crippen molar-refractivity contribution in [3.8, 4) is 11.1 Å². The van der Waals surface area contributed by atoms with E-state index in [9.17, 15) is 18.9 Å². The van der Waals surface area contributed by atoms with Crippen molar-refractivity contribution in [1.82, 2.24) is 4.31 Å². The molecule has 0 spiro atoms. The summed E-state index contributed by atoms with van der Waals surface area (Å²) < 4.78 is 25.3. The van der Waals surface area contributed by atoms with Gasteiger partial charge < -0.3 is 14.6 Å². The number of ether oxygens (including phenoxy) is 2. The second-order valence-electron chi connectivity index (χ2n) is 9.67. The summed E-state index contributed by atoms with van der Waals surface area (Å²) in [6.45, 7) is 9.01. The third-order valence-corrected chi connectivity index (χ3v) is 6.09. The first kappa shape index (κ1) is 28.0. The molecule has 0 radical (unpaired) electrons. The van der Waals surface area contributed by atoms with Crippen molar-refractivity contribution in [3.63, 3.8) is 0 Å². The average Bonchev–Trinajstić information content (AvgIpc) is 2.71. The lowest BCUT2D eigenvalue weighted by atomic mass is 10.1. The van der Waals surface area contributed by atoms with Crippen molar-refractivity contribution in [2.24, 2.45) is 0 Å². The van der Waals surface area contributed by atoms with Gasteiger partial charge >= 0.3 is 11.9 Å². The third kappa shape index (κ3) is 8.51. The van der Waals surface area contributed by atoms with Crippen LogP contribution in [0.25, 0.3) is 11.1 Å². The molecule has 7 nitrogen and oxygen atoms in total. The van der Waals surface area contributed by atoms with Gasteiger partial charge in [0.25, 0.3) is 0 Å². The Labute approximate surface area is 208 Å². The smallest absolute Gasteiger partial charge is 0.327 e. The largest absolute Gasteiger partial charge is 0.459 e. The molecule has 2 aromatic rings. The van der Waals surface area contributed by atoms with Gasteiger partial charge in [0.05, 0.1) is 11.5 Å². The summed E-state index contributed by atoms with van der Waals surface area (Å²) in [5, 5.41) is 10.6. The molecule has 2 rings (SSSR count). The van der Waals surface area contributed by atoms with E-state index in [2.05, 4.69) is 0 Å². The molecule has 2 unspecified atom stereocenters. The number of carbonyl (C=O) groups excluding carboxylic acids is 2. The Morgan fingerprint density at radius 2 is 1.38 bits per heavy atom. The number of rotatable bonds is 8. The Morgan fingerprint density at radius 1 is 0.912 bits per heavy atom. The van der Waals surface area contributed by atoms with Crippen molar-refractivity contribution in [1.29, 1.82) is 0 Å².